The molecule has 2 aromatic rings. The average Bonchev–Trinajstić information content (AvgIpc) is 2.95. The SMILES string of the molecule is COCCNCC(=O)Nc1nc(-c2ccc(C)c(C)c2)cs1.Cl. The Morgan fingerprint density at radius 3 is 2.78 bits per heavy atom. The monoisotopic (exact) mass is 355 g/mol. The number of hydrogen-bond donors (Lipinski definition) is 2. The number of anilines is 1. The van der Waals surface area contributed by atoms with Gasteiger partial charge in [0.1, 0.15) is 0 Å². The van der Waals surface area contributed by atoms with Gasteiger partial charge < -0.3 is 15.4 Å². The van der Waals surface area contributed by atoms with Crippen LogP contribution in [0.4, 0.5) is 5.13 Å². The molecule has 0 aliphatic heterocycles. The number of aromatic nitrogens is 1. The van der Waals surface area contributed by atoms with E-state index in [-0.39, 0.29) is 24.9 Å². The van der Waals surface area contributed by atoms with E-state index >= 15 is 0 Å². The first kappa shape index (κ1) is 19.6. The Labute approximate surface area is 146 Å². The van der Waals surface area contributed by atoms with E-state index in [9.17, 15) is 4.79 Å². The lowest BCUT2D eigenvalue weighted by Gasteiger charge is -2.04. The fourth-order valence-electron chi connectivity index (χ4n) is 1.90. The largest absolute Gasteiger partial charge is 0.383 e. The van der Waals surface area contributed by atoms with Gasteiger partial charge in [-0.2, -0.15) is 0 Å². The summed E-state index contributed by atoms with van der Waals surface area (Å²) in [5, 5.41) is 8.37. The Hall–Kier alpha value is -1.47. The molecule has 1 amide bonds. The quantitative estimate of drug-likeness (QED) is 0.749. The van der Waals surface area contributed by atoms with Gasteiger partial charge in [-0.05, 0) is 31.0 Å². The molecule has 0 aliphatic carbocycles. The molecule has 126 valence electrons. The molecule has 0 spiro atoms. The number of rotatable bonds is 7. The van der Waals surface area contributed by atoms with Crippen molar-refractivity contribution < 1.29 is 9.53 Å². The molecule has 2 N–H and O–H groups in total. The number of methoxy groups -OCH3 is 1. The minimum absolute atomic E-state index is 0. The molecule has 0 radical (unpaired) electrons. The first-order chi connectivity index (χ1) is 10.6. The molecule has 5 nitrogen and oxygen atoms in total. The molecule has 1 heterocycles. The molecule has 0 saturated heterocycles. The molecule has 1 aromatic heterocycles. The van der Waals surface area contributed by atoms with Crippen LogP contribution in [0.25, 0.3) is 11.3 Å². The molecule has 0 atom stereocenters. The highest BCUT2D eigenvalue weighted by Crippen LogP contribution is 2.26. The molecule has 23 heavy (non-hydrogen) atoms. The summed E-state index contributed by atoms with van der Waals surface area (Å²) in [6.45, 7) is 5.65. The topological polar surface area (TPSA) is 63.2 Å². The van der Waals surface area contributed by atoms with Crippen LogP contribution in [0.5, 0.6) is 0 Å². The smallest absolute Gasteiger partial charge is 0.240 e. The summed E-state index contributed by atoms with van der Waals surface area (Å²) in [5.74, 6) is -0.0999. The van der Waals surface area contributed by atoms with Gasteiger partial charge in [0.15, 0.2) is 5.13 Å². The number of hydrogen-bond acceptors (Lipinski definition) is 5. The van der Waals surface area contributed by atoms with Crippen molar-refractivity contribution in [2.45, 2.75) is 13.8 Å². The van der Waals surface area contributed by atoms with Gasteiger partial charge in [-0.25, -0.2) is 4.98 Å². The van der Waals surface area contributed by atoms with E-state index in [0.29, 0.717) is 18.3 Å². The van der Waals surface area contributed by atoms with Crippen molar-refractivity contribution in [3.05, 3.63) is 34.7 Å². The first-order valence-corrected chi connectivity index (χ1v) is 8.01. The molecule has 0 unspecified atom stereocenters. The van der Waals surface area contributed by atoms with Crippen LogP contribution >= 0.6 is 23.7 Å². The van der Waals surface area contributed by atoms with Gasteiger partial charge in [0.05, 0.1) is 18.8 Å². The van der Waals surface area contributed by atoms with Gasteiger partial charge in [0.2, 0.25) is 5.91 Å². The highest BCUT2D eigenvalue weighted by atomic mass is 35.5. The lowest BCUT2D eigenvalue weighted by Crippen LogP contribution is -2.30. The van der Waals surface area contributed by atoms with Crippen LogP contribution < -0.4 is 10.6 Å². The normalized spacial score (nSPS) is 10.2. The Morgan fingerprint density at radius 1 is 1.30 bits per heavy atom. The summed E-state index contributed by atoms with van der Waals surface area (Å²) in [6, 6.07) is 6.25. The molecule has 0 bridgehead atoms. The summed E-state index contributed by atoms with van der Waals surface area (Å²) in [5.41, 5.74) is 4.45. The highest BCUT2D eigenvalue weighted by Gasteiger charge is 2.08. The van der Waals surface area contributed by atoms with Crippen LogP contribution in [-0.4, -0.2) is 37.7 Å². The number of halogens is 1. The first-order valence-electron chi connectivity index (χ1n) is 7.13. The van der Waals surface area contributed by atoms with E-state index in [1.807, 2.05) is 5.38 Å². The van der Waals surface area contributed by atoms with Crippen molar-refractivity contribution in [2.75, 3.05) is 32.1 Å². The molecule has 0 aliphatic rings. The summed E-state index contributed by atoms with van der Waals surface area (Å²) < 4.78 is 4.91. The fourth-order valence-corrected chi connectivity index (χ4v) is 2.64. The van der Waals surface area contributed by atoms with Crippen molar-refractivity contribution in [2.24, 2.45) is 0 Å². The maximum Gasteiger partial charge on any atom is 0.240 e. The average molecular weight is 356 g/mol. The number of benzene rings is 1. The van der Waals surface area contributed by atoms with Crippen molar-refractivity contribution in [3.63, 3.8) is 0 Å². The molecule has 0 fully saturated rings. The number of thiazole rings is 1. The molecular weight excluding hydrogens is 334 g/mol. The Balaban J connectivity index is 0.00000264. The van der Waals surface area contributed by atoms with Crippen LogP contribution in [0.1, 0.15) is 11.1 Å². The minimum Gasteiger partial charge on any atom is -0.383 e. The Morgan fingerprint density at radius 2 is 2.09 bits per heavy atom. The number of ether oxygens (including phenoxy) is 1. The summed E-state index contributed by atoms with van der Waals surface area (Å²) >= 11 is 1.43. The second-order valence-electron chi connectivity index (χ2n) is 5.05. The maximum absolute atomic E-state index is 11.8. The maximum atomic E-state index is 11.8. The summed E-state index contributed by atoms with van der Waals surface area (Å²) in [6.07, 6.45) is 0. The predicted octanol–water partition coefficient (Wildman–Crippen LogP) is 3.02. The fraction of sp³-hybridized carbons (Fsp3) is 0.375. The van der Waals surface area contributed by atoms with E-state index in [2.05, 4.69) is 47.7 Å². The van der Waals surface area contributed by atoms with E-state index in [1.54, 1.807) is 7.11 Å². The molecule has 2 rings (SSSR count). The van der Waals surface area contributed by atoms with Crippen LogP contribution in [0.3, 0.4) is 0 Å². The number of nitrogens with zero attached hydrogens (tertiary/aromatic N) is 1. The van der Waals surface area contributed by atoms with E-state index in [4.69, 9.17) is 4.74 Å². The highest BCUT2D eigenvalue weighted by molar-refractivity contribution is 7.14. The lowest BCUT2D eigenvalue weighted by atomic mass is 10.1. The molecule has 0 saturated carbocycles. The Kier molecular flexibility index (Phi) is 8.19. The van der Waals surface area contributed by atoms with E-state index in [1.165, 1.54) is 22.5 Å². The van der Waals surface area contributed by atoms with Gasteiger partial charge in [-0.3, -0.25) is 4.79 Å². The molecular formula is C16H22ClN3O2S. The van der Waals surface area contributed by atoms with Gasteiger partial charge in [-0.1, -0.05) is 12.1 Å². The number of carbonyl (C=O) groups excluding carboxylic acids is 1. The summed E-state index contributed by atoms with van der Waals surface area (Å²) in [7, 11) is 1.63. The zero-order chi connectivity index (χ0) is 15.9. The summed E-state index contributed by atoms with van der Waals surface area (Å²) in [4.78, 5) is 16.2. The third-order valence-electron chi connectivity index (χ3n) is 3.32. The number of amides is 1. The zero-order valence-electron chi connectivity index (χ0n) is 13.5. The lowest BCUT2D eigenvalue weighted by molar-refractivity contribution is -0.115. The third kappa shape index (κ3) is 5.91. The van der Waals surface area contributed by atoms with Crippen molar-refractivity contribution in [1.29, 1.82) is 0 Å². The van der Waals surface area contributed by atoms with Crippen molar-refractivity contribution in [3.8, 4) is 11.3 Å². The molecule has 1 aromatic carbocycles. The standard InChI is InChI=1S/C16H21N3O2S.ClH/c1-11-4-5-13(8-12(11)2)14-10-22-16(18-14)19-15(20)9-17-6-7-21-3;/h4-5,8,10,17H,6-7,9H2,1-3H3,(H,18,19,20);1H. The van der Waals surface area contributed by atoms with Crippen LogP contribution in [0.2, 0.25) is 0 Å². The van der Waals surface area contributed by atoms with Crippen LogP contribution in [0.15, 0.2) is 23.6 Å². The van der Waals surface area contributed by atoms with Crippen molar-refractivity contribution >= 4 is 34.8 Å². The second kappa shape index (κ2) is 9.62. The Bertz CT molecular complexity index is 646. The van der Waals surface area contributed by atoms with Gasteiger partial charge in [0, 0.05) is 24.6 Å². The number of nitrogens with one attached hydrogen (secondary N) is 2. The molecule has 7 heteroatoms. The van der Waals surface area contributed by atoms with Crippen molar-refractivity contribution in [1.82, 2.24) is 10.3 Å². The zero-order valence-corrected chi connectivity index (χ0v) is 15.1. The number of aryl methyl sites for hydroxylation is 2. The van der Waals surface area contributed by atoms with Crippen LogP contribution in [0, 0.1) is 13.8 Å². The van der Waals surface area contributed by atoms with Gasteiger partial charge in [-0.15, -0.1) is 23.7 Å². The van der Waals surface area contributed by atoms with Gasteiger partial charge >= 0.3 is 0 Å². The minimum atomic E-state index is -0.0999. The second-order valence-corrected chi connectivity index (χ2v) is 5.91. The van der Waals surface area contributed by atoms with E-state index < -0.39 is 0 Å². The van der Waals surface area contributed by atoms with E-state index in [0.717, 1.165) is 11.3 Å². The van der Waals surface area contributed by atoms with Gasteiger partial charge in [0.25, 0.3) is 0 Å². The number of carbonyl (C=O) groups is 1. The third-order valence-corrected chi connectivity index (χ3v) is 4.08. The van der Waals surface area contributed by atoms with Crippen LogP contribution in [-0.2, 0) is 9.53 Å². The predicted molar refractivity (Wildman–Crippen MR) is 97.6 cm³/mol.